The molecule has 31 heavy (non-hydrogen) atoms. The van der Waals surface area contributed by atoms with E-state index in [-0.39, 0.29) is 0 Å². The van der Waals surface area contributed by atoms with E-state index in [1.165, 1.54) is 22.4 Å². The van der Waals surface area contributed by atoms with Crippen LogP contribution in [-0.2, 0) is 26.1 Å². The third-order valence-electron chi connectivity index (χ3n) is 5.69. The highest BCUT2D eigenvalue weighted by Gasteiger charge is 2.25. The Kier molecular flexibility index (Phi) is 4.39. The lowest BCUT2D eigenvalue weighted by atomic mass is 10.0. The van der Waals surface area contributed by atoms with E-state index >= 15 is 0 Å². The third-order valence-corrected chi connectivity index (χ3v) is 6.82. The van der Waals surface area contributed by atoms with E-state index in [1.54, 1.807) is 24.8 Å². The van der Waals surface area contributed by atoms with E-state index in [4.69, 9.17) is 9.26 Å². The largest absolute Gasteiger partial charge is 0.495 e. The van der Waals surface area contributed by atoms with E-state index in [9.17, 15) is 0 Å². The fraction of sp³-hybridized carbons (Fsp3) is 0.286. The van der Waals surface area contributed by atoms with Crippen LogP contribution >= 0.6 is 11.3 Å². The van der Waals surface area contributed by atoms with Crippen LogP contribution in [0.3, 0.4) is 0 Å². The van der Waals surface area contributed by atoms with Crippen molar-refractivity contribution in [2.75, 3.05) is 19.0 Å². The zero-order valence-electron chi connectivity index (χ0n) is 16.8. The number of nitrogens with one attached hydrogen (secondary N) is 1. The van der Waals surface area contributed by atoms with Gasteiger partial charge in [0.25, 0.3) is 0 Å². The number of methoxy groups -OCH3 is 1. The summed E-state index contributed by atoms with van der Waals surface area (Å²) in [6.45, 7) is 3.13. The van der Waals surface area contributed by atoms with Gasteiger partial charge < -0.3 is 14.6 Å². The molecule has 0 aliphatic carbocycles. The van der Waals surface area contributed by atoms with Gasteiger partial charge >= 0.3 is 0 Å². The van der Waals surface area contributed by atoms with Crippen molar-refractivity contribution < 1.29 is 9.26 Å². The quantitative estimate of drug-likeness (QED) is 0.511. The molecule has 0 saturated carbocycles. The van der Waals surface area contributed by atoms with Crippen molar-refractivity contribution >= 4 is 39.3 Å². The first-order valence-corrected chi connectivity index (χ1v) is 10.8. The summed E-state index contributed by atoms with van der Waals surface area (Å²) in [5, 5.41) is 8.53. The van der Waals surface area contributed by atoms with E-state index in [0.717, 1.165) is 52.5 Å². The lowest BCUT2D eigenvalue weighted by molar-refractivity contribution is 0.239. The summed E-state index contributed by atoms with van der Waals surface area (Å²) < 4.78 is 10.5. The zero-order valence-corrected chi connectivity index (χ0v) is 17.6. The van der Waals surface area contributed by atoms with Gasteiger partial charge in [-0.1, -0.05) is 5.16 Å². The van der Waals surface area contributed by atoms with Gasteiger partial charge in [0.15, 0.2) is 5.82 Å². The molecular formula is C21H19N7O2S. The van der Waals surface area contributed by atoms with Gasteiger partial charge in [-0.05, 0) is 35.2 Å². The minimum Gasteiger partial charge on any atom is -0.495 e. The van der Waals surface area contributed by atoms with Crippen molar-refractivity contribution in [2.45, 2.75) is 26.1 Å². The van der Waals surface area contributed by atoms with Gasteiger partial charge in [0.2, 0.25) is 6.39 Å². The molecule has 1 N–H and O–H groups in total. The molecule has 0 atom stereocenters. The number of thiophene rings is 1. The Bertz CT molecular complexity index is 1300. The molecule has 10 heteroatoms. The van der Waals surface area contributed by atoms with Gasteiger partial charge in [0.1, 0.15) is 22.7 Å². The molecule has 0 radical (unpaired) electrons. The molecule has 0 bridgehead atoms. The maximum absolute atomic E-state index is 5.63. The second kappa shape index (κ2) is 7.40. The molecular weight excluding hydrogens is 414 g/mol. The van der Waals surface area contributed by atoms with Gasteiger partial charge in [-0.15, -0.1) is 11.3 Å². The summed E-state index contributed by atoms with van der Waals surface area (Å²) in [6.07, 6.45) is 5.81. The number of anilines is 2. The molecule has 156 valence electrons. The molecule has 1 aromatic carbocycles. The number of aliphatic imine (C=N–C) groups is 1. The molecule has 6 rings (SSSR count). The van der Waals surface area contributed by atoms with Crippen LogP contribution in [0.2, 0.25) is 0 Å². The normalized spacial score (nSPS) is 15.3. The average Bonchev–Trinajstić information content (AvgIpc) is 3.52. The molecule has 9 nitrogen and oxygen atoms in total. The van der Waals surface area contributed by atoms with Crippen LogP contribution in [0.5, 0.6) is 5.75 Å². The van der Waals surface area contributed by atoms with Crippen molar-refractivity contribution in [3.05, 3.63) is 52.2 Å². The van der Waals surface area contributed by atoms with Crippen molar-refractivity contribution in [1.29, 1.82) is 0 Å². The van der Waals surface area contributed by atoms with Crippen LogP contribution < -0.4 is 10.1 Å². The van der Waals surface area contributed by atoms with Gasteiger partial charge in [-0.25, -0.2) is 9.97 Å². The summed E-state index contributed by atoms with van der Waals surface area (Å²) in [4.78, 5) is 22.2. The Morgan fingerprint density at radius 3 is 3.10 bits per heavy atom. The first kappa shape index (κ1) is 18.4. The van der Waals surface area contributed by atoms with Crippen LogP contribution in [0.4, 0.5) is 11.5 Å². The van der Waals surface area contributed by atoms with E-state index in [1.807, 2.05) is 12.3 Å². The minimum absolute atomic E-state index is 0.675. The van der Waals surface area contributed by atoms with Crippen molar-refractivity contribution in [2.24, 2.45) is 4.99 Å². The first-order valence-electron chi connectivity index (χ1n) is 9.99. The Hall–Kier alpha value is -3.37. The number of benzene rings is 1. The Morgan fingerprint density at radius 1 is 1.26 bits per heavy atom. The second-order valence-corrected chi connectivity index (χ2v) is 8.64. The highest BCUT2D eigenvalue weighted by Crippen LogP contribution is 2.40. The maximum atomic E-state index is 5.63. The molecule has 4 aromatic rings. The van der Waals surface area contributed by atoms with Gasteiger partial charge in [-0.3, -0.25) is 9.89 Å². The minimum atomic E-state index is 0.675. The van der Waals surface area contributed by atoms with Gasteiger partial charge in [0, 0.05) is 24.2 Å². The SMILES string of the molecule is COc1cc2c(cc1Nc1ncnc3sc4c(c13)CCN(Cc1ncon1)C4)C=NC2. The third kappa shape index (κ3) is 3.24. The highest BCUT2D eigenvalue weighted by molar-refractivity contribution is 7.19. The van der Waals surface area contributed by atoms with Crippen molar-refractivity contribution in [3.8, 4) is 5.75 Å². The number of hydrogen-bond acceptors (Lipinski definition) is 10. The predicted octanol–water partition coefficient (Wildman–Crippen LogP) is 3.32. The molecule has 3 aromatic heterocycles. The van der Waals surface area contributed by atoms with Crippen LogP contribution in [-0.4, -0.2) is 44.9 Å². The summed E-state index contributed by atoms with van der Waals surface area (Å²) in [5.74, 6) is 2.30. The molecule has 2 aliphatic heterocycles. The predicted molar refractivity (Wildman–Crippen MR) is 117 cm³/mol. The summed E-state index contributed by atoms with van der Waals surface area (Å²) in [7, 11) is 1.68. The molecule has 2 aliphatic rings. The van der Waals surface area contributed by atoms with Gasteiger partial charge in [-0.2, -0.15) is 4.98 Å². The number of aromatic nitrogens is 4. The monoisotopic (exact) mass is 433 g/mol. The van der Waals surface area contributed by atoms with E-state index in [2.05, 4.69) is 41.4 Å². The van der Waals surface area contributed by atoms with Crippen molar-refractivity contribution in [3.63, 3.8) is 0 Å². The second-order valence-electron chi connectivity index (χ2n) is 7.56. The molecule has 0 saturated heterocycles. The fourth-order valence-corrected chi connectivity index (χ4v) is 5.43. The van der Waals surface area contributed by atoms with Crippen LogP contribution in [0.25, 0.3) is 10.2 Å². The number of nitrogens with zero attached hydrogens (tertiary/aromatic N) is 6. The summed E-state index contributed by atoms with van der Waals surface area (Å²) >= 11 is 1.72. The average molecular weight is 433 g/mol. The topological polar surface area (TPSA) is 102 Å². The lowest BCUT2D eigenvalue weighted by Gasteiger charge is -2.25. The number of fused-ring (bicyclic) bond motifs is 4. The number of hydrogen-bond donors (Lipinski definition) is 1. The molecule has 0 fully saturated rings. The van der Waals surface area contributed by atoms with Crippen molar-refractivity contribution in [1.82, 2.24) is 25.0 Å². The number of rotatable bonds is 5. The fourth-order valence-electron chi connectivity index (χ4n) is 4.20. The zero-order chi connectivity index (χ0) is 20.8. The van der Waals surface area contributed by atoms with Crippen LogP contribution in [0.1, 0.15) is 27.4 Å². The molecule has 5 heterocycles. The van der Waals surface area contributed by atoms with E-state index in [0.29, 0.717) is 18.9 Å². The summed E-state index contributed by atoms with van der Waals surface area (Å²) in [5.41, 5.74) is 4.47. The smallest absolute Gasteiger partial charge is 0.213 e. The molecule has 0 amide bonds. The Labute approximate surface area is 181 Å². The van der Waals surface area contributed by atoms with Crippen LogP contribution in [0, 0.1) is 0 Å². The molecule has 0 spiro atoms. The standard InChI is InChI=1S/C21H19N7O2S/c1-29-16-5-13-7-22-6-12(13)4-15(16)26-20-19-14-2-3-28(9-18-25-11-30-27-18)8-17(14)31-21(19)24-10-23-20/h4-6,10-11H,2-3,7-9H2,1H3,(H,23,24,26). The molecule has 0 unspecified atom stereocenters. The Balaban J connectivity index is 1.35. The van der Waals surface area contributed by atoms with Gasteiger partial charge in [0.05, 0.1) is 31.3 Å². The van der Waals surface area contributed by atoms with E-state index < -0.39 is 0 Å². The maximum Gasteiger partial charge on any atom is 0.213 e. The highest BCUT2D eigenvalue weighted by atomic mass is 32.1. The lowest BCUT2D eigenvalue weighted by Crippen LogP contribution is -2.29. The van der Waals surface area contributed by atoms with Crippen LogP contribution in [0.15, 0.2) is 34.4 Å². The Morgan fingerprint density at radius 2 is 2.23 bits per heavy atom. The number of ether oxygens (including phenoxy) is 1. The summed E-state index contributed by atoms with van der Waals surface area (Å²) in [6, 6.07) is 4.12. The first-order chi connectivity index (χ1) is 15.3.